The van der Waals surface area contributed by atoms with E-state index < -0.39 is 6.36 Å². The molecule has 0 saturated heterocycles. The van der Waals surface area contributed by atoms with Crippen molar-refractivity contribution in [3.8, 4) is 28.0 Å². The predicted molar refractivity (Wildman–Crippen MR) is 82.8 cm³/mol. The number of hydrogen-bond donors (Lipinski definition) is 0. The fourth-order valence-electron chi connectivity index (χ4n) is 2.41. The topological polar surface area (TPSA) is 9.23 Å². The van der Waals surface area contributed by atoms with Crippen molar-refractivity contribution in [3.63, 3.8) is 0 Å². The first-order valence-corrected chi connectivity index (χ1v) is 6.96. The summed E-state index contributed by atoms with van der Waals surface area (Å²) in [6.45, 7) is 0. The summed E-state index contributed by atoms with van der Waals surface area (Å²) in [5.41, 5.74) is 2.36. The molecule has 0 N–H and O–H groups in total. The molecule has 23 heavy (non-hydrogen) atoms. The van der Waals surface area contributed by atoms with Crippen LogP contribution in [-0.2, 0) is 0 Å². The summed E-state index contributed by atoms with van der Waals surface area (Å²) in [5, 5.41) is 0. The van der Waals surface area contributed by atoms with Crippen LogP contribution in [0.3, 0.4) is 0 Å². The minimum absolute atomic E-state index is 0.235. The first-order chi connectivity index (χ1) is 11.0. The van der Waals surface area contributed by atoms with Crippen molar-refractivity contribution in [1.29, 1.82) is 0 Å². The molecule has 0 atom stereocenters. The number of ether oxygens (including phenoxy) is 1. The Morgan fingerprint density at radius 2 is 1.30 bits per heavy atom. The highest BCUT2D eigenvalue weighted by Crippen LogP contribution is 2.40. The summed E-state index contributed by atoms with van der Waals surface area (Å²) in [4.78, 5) is 0. The van der Waals surface area contributed by atoms with E-state index in [-0.39, 0.29) is 5.75 Å². The Bertz CT molecular complexity index is 781. The van der Waals surface area contributed by atoms with Crippen molar-refractivity contribution in [2.24, 2.45) is 0 Å². The Labute approximate surface area is 132 Å². The maximum atomic E-state index is 12.7. The fourth-order valence-corrected chi connectivity index (χ4v) is 2.41. The van der Waals surface area contributed by atoms with Crippen LogP contribution in [0.15, 0.2) is 72.8 Å². The largest absolute Gasteiger partial charge is 0.573 e. The molecule has 3 rings (SSSR count). The van der Waals surface area contributed by atoms with Crippen LogP contribution < -0.4 is 4.74 Å². The number of rotatable bonds is 3. The summed E-state index contributed by atoms with van der Waals surface area (Å²) in [5.74, 6) is -0.235. The highest BCUT2D eigenvalue weighted by Gasteiger charge is 2.32. The van der Waals surface area contributed by atoms with Crippen molar-refractivity contribution < 1.29 is 17.9 Å². The molecule has 115 valence electrons. The van der Waals surface area contributed by atoms with Crippen molar-refractivity contribution in [3.05, 3.63) is 78.9 Å². The second kappa shape index (κ2) is 6.16. The van der Waals surface area contributed by atoms with Gasteiger partial charge in [-0.15, -0.1) is 13.2 Å². The Hall–Kier alpha value is -2.75. The van der Waals surface area contributed by atoms with Gasteiger partial charge in [0, 0.05) is 11.1 Å². The molecule has 0 aromatic heterocycles. The van der Waals surface area contributed by atoms with Crippen LogP contribution in [0.25, 0.3) is 22.3 Å². The Morgan fingerprint density at radius 1 is 0.739 bits per heavy atom. The second-order valence-electron chi connectivity index (χ2n) is 4.87. The lowest BCUT2D eigenvalue weighted by Gasteiger charge is -2.17. The Morgan fingerprint density at radius 3 is 1.87 bits per heavy atom. The van der Waals surface area contributed by atoms with E-state index in [4.69, 9.17) is 0 Å². The lowest BCUT2D eigenvalue weighted by atomic mass is 9.94. The van der Waals surface area contributed by atoms with Crippen LogP contribution in [-0.4, -0.2) is 6.36 Å². The van der Waals surface area contributed by atoms with Gasteiger partial charge in [0.2, 0.25) is 0 Å². The summed E-state index contributed by atoms with van der Waals surface area (Å²) in [6.07, 6.45) is -4.75. The van der Waals surface area contributed by atoms with E-state index in [1.165, 1.54) is 12.1 Å². The van der Waals surface area contributed by atoms with E-state index in [0.29, 0.717) is 16.7 Å². The highest BCUT2D eigenvalue weighted by atomic mass is 19.4. The molecule has 0 heterocycles. The maximum Gasteiger partial charge on any atom is 0.573 e. The lowest BCUT2D eigenvalue weighted by molar-refractivity contribution is -0.274. The first-order valence-electron chi connectivity index (χ1n) is 6.96. The number of alkyl halides is 3. The number of benzene rings is 3. The molecule has 0 amide bonds. The van der Waals surface area contributed by atoms with Crippen LogP contribution in [0.2, 0.25) is 0 Å². The van der Waals surface area contributed by atoms with E-state index in [9.17, 15) is 13.2 Å². The van der Waals surface area contributed by atoms with Crippen molar-refractivity contribution >= 4 is 0 Å². The third kappa shape index (κ3) is 3.54. The van der Waals surface area contributed by atoms with Gasteiger partial charge >= 0.3 is 6.36 Å². The second-order valence-corrected chi connectivity index (χ2v) is 4.87. The molecule has 0 fully saturated rings. The van der Waals surface area contributed by atoms with Crippen molar-refractivity contribution in [2.75, 3.05) is 0 Å². The molecular formula is C19H12F3O. The zero-order valence-corrected chi connectivity index (χ0v) is 12.0. The molecule has 0 spiro atoms. The van der Waals surface area contributed by atoms with Gasteiger partial charge in [-0.25, -0.2) is 0 Å². The van der Waals surface area contributed by atoms with Gasteiger partial charge in [-0.05, 0) is 23.3 Å². The summed E-state index contributed by atoms with van der Waals surface area (Å²) in [7, 11) is 0. The molecule has 1 radical (unpaired) electrons. The van der Waals surface area contributed by atoms with Gasteiger partial charge in [0.05, 0.1) is 0 Å². The molecule has 3 aromatic rings. The van der Waals surface area contributed by atoms with E-state index in [1.54, 1.807) is 24.3 Å². The van der Waals surface area contributed by atoms with Crippen LogP contribution in [0, 0.1) is 6.07 Å². The van der Waals surface area contributed by atoms with Crippen LogP contribution >= 0.6 is 0 Å². The van der Waals surface area contributed by atoms with Gasteiger partial charge in [0.15, 0.2) is 0 Å². The van der Waals surface area contributed by atoms with Crippen LogP contribution in [0.1, 0.15) is 0 Å². The highest BCUT2D eigenvalue weighted by molar-refractivity contribution is 5.87. The smallest absolute Gasteiger partial charge is 0.405 e. The molecule has 0 saturated carbocycles. The molecule has 0 aliphatic rings. The minimum Gasteiger partial charge on any atom is -0.405 e. The van der Waals surface area contributed by atoms with Gasteiger partial charge < -0.3 is 4.74 Å². The molecule has 4 heteroatoms. The SMILES string of the molecule is FC(F)(F)Oc1cc[c]c(-c2ccccc2)c1-c1ccccc1. The summed E-state index contributed by atoms with van der Waals surface area (Å²) < 4.78 is 42.4. The zero-order chi connectivity index (χ0) is 16.3. The van der Waals surface area contributed by atoms with E-state index in [2.05, 4.69) is 10.8 Å². The number of halogens is 3. The molecule has 1 nitrogen and oxygen atoms in total. The zero-order valence-electron chi connectivity index (χ0n) is 12.0. The Kier molecular flexibility index (Phi) is 4.06. The Balaban J connectivity index is 2.22. The quantitative estimate of drug-likeness (QED) is 0.601. The van der Waals surface area contributed by atoms with Gasteiger partial charge in [0.25, 0.3) is 0 Å². The van der Waals surface area contributed by atoms with E-state index in [0.717, 1.165) is 5.56 Å². The van der Waals surface area contributed by atoms with Crippen molar-refractivity contribution in [2.45, 2.75) is 6.36 Å². The molecule has 3 aromatic carbocycles. The van der Waals surface area contributed by atoms with Crippen LogP contribution in [0.4, 0.5) is 13.2 Å². The fraction of sp³-hybridized carbons (Fsp3) is 0.0526. The molecule has 0 bridgehead atoms. The lowest BCUT2D eigenvalue weighted by Crippen LogP contribution is -2.17. The van der Waals surface area contributed by atoms with E-state index in [1.807, 2.05) is 36.4 Å². The molecular weight excluding hydrogens is 301 g/mol. The molecule has 0 aliphatic heterocycles. The average molecular weight is 313 g/mol. The third-order valence-electron chi connectivity index (χ3n) is 3.31. The van der Waals surface area contributed by atoms with Gasteiger partial charge in [-0.2, -0.15) is 0 Å². The summed E-state index contributed by atoms with van der Waals surface area (Å²) >= 11 is 0. The van der Waals surface area contributed by atoms with Gasteiger partial charge in [-0.1, -0.05) is 66.7 Å². The van der Waals surface area contributed by atoms with E-state index >= 15 is 0 Å². The third-order valence-corrected chi connectivity index (χ3v) is 3.31. The standard InChI is InChI=1S/C19H12F3O/c20-19(21,22)23-17-13-7-12-16(14-8-3-1-4-9-14)18(17)15-10-5-2-6-11-15/h1-11,13H. The first kappa shape index (κ1) is 15.2. The van der Waals surface area contributed by atoms with Crippen molar-refractivity contribution in [1.82, 2.24) is 0 Å². The van der Waals surface area contributed by atoms with Gasteiger partial charge in [-0.3, -0.25) is 0 Å². The molecule has 0 unspecified atom stereocenters. The maximum absolute atomic E-state index is 12.7. The minimum atomic E-state index is -4.75. The average Bonchev–Trinajstić information content (AvgIpc) is 2.55. The predicted octanol–water partition coefficient (Wildman–Crippen LogP) is 5.72. The normalized spacial score (nSPS) is 11.3. The number of hydrogen-bond acceptors (Lipinski definition) is 1. The van der Waals surface area contributed by atoms with Crippen LogP contribution in [0.5, 0.6) is 5.75 Å². The van der Waals surface area contributed by atoms with Gasteiger partial charge in [0.1, 0.15) is 5.75 Å². The monoisotopic (exact) mass is 313 g/mol. The molecule has 0 aliphatic carbocycles. The summed E-state index contributed by atoms with van der Waals surface area (Å²) in [6, 6.07) is 23.8.